The number of hydrogen-bond donors (Lipinski definition) is 0. The normalized spacial score (nSPS) is 11.1. The van der Waals surface area contributed by atoms with E-state index in [1.165, 1.54) is 22.9 Å². The van der Waals surface area contributed by atoms with Crippen LogP contribution in [0.15, 0.2) is 59.9 Å². The lowest BCUT2D eigenvalue weighted by atomic mass is 10.0. The lowest BCUT2D eigenvalue weighted by Gasteiger charge is -2.12. The fraction of sp³-hybridized carbons (Fsp3) is 0.143. The van der Waals surface area contributed by atoms with E-state index in [0.29, 0.717) is 22.2 Å². The van der Waals surface area contributed by atoms with Gasteiger partial charge in [-0.05, 0) is 47.9 Å². The molecule has 0 aliphatic carbocycles. The molecular formula is C21H16F2N4O. The number of hydrogen-bond acceptors (Lipinski definition) is 4. The van der Waals surface area contributed by atoms with E-state index in [-0.39, 0.29) is 12.1 Å². The maximum atomic E-state index is 14.8. The van der Waals surface area contributed by atoms with Crippen LogP contribution in [-0.4, -0.2) is 19.5 Å². The van der Waals surface area contributed by atoms with Crippen LogP contribution in [0.4, 0.5) is 8.78 Å². The summed E-state index contributed by atoms with van der Waals surface area (Å²) in [6.45, 7) is 1.71. The van der Waals surface area contributed by atoms with Crippen LogP contribution in [0, 0.1) is 11.6 Å². The lowest BCUT2D eigenvalue weighted by Crippen LogP contribution is -2.22. The van der Waals surface area contributed by atoms with Crippen molar-refractivity contribution >= 4 is 11.0 Å². The number of fused-ring (bicyclic) bond motifs is 1. The van der Waals surface area contributed by atoms with Gasteiger partial charge in [0, 0.05) is 23.7 Å². The molecule has 0 aliphatic rings. The van der Waals surface area contributed by atoms with Gasteiger partial charge < -0.3 is 0 Å². The molecule has 0 atom stereocenters. The molecule has 7 heteroatoms. The number of rotatable bonds is 4. The molecule has 1 aromatic carbocycles. The Balaban J connectivity index is 1.78. The number of benzene rings is 1. The lowest BCUT2D eigenvalue weighted by molar-refractivity contribution is 0.545. The van der Waals surface area contributed by atoms with Crippen molar-refractivity contribution in [1.29, 1.82) is 0 Å². The van der Waals surface area contributed by atoms with E-state index in [9.17, 15) is 13.6 Å². The highest BCUT2D eigenvalue weighted by atomic mass is 19.1. The molecule has 0 radical (unpaired) electrons. The number of halogens is 2. The summed E-state index contributed by atoms with van der Waals surface area (Å²) >= 11 is 0. The smallest absolute Gasteiger partial charge is 0.269 e. The van der Waals surface area contributed by atoms with Gasteiger partial charge >= 0.3 is 0 Å². The van der Waals surface area contributed by atoms with Crippen molar-refractivity contribution in [2.24, 2.45) is 0 Å². The Labute approximate surface area is 159 Å². The zero-order valence-electron chi connectivity index (χ0n) is 15.1. The maximum absolute atomic E-state index is 14.8. The second kappa shape index (κ2) is 7.26. The first-order valence-electron chi connectivity index (χ1n) is 8.79. The Hall–Kier alpha value is -3.48. The van der Waals surface area contributed by atoms with Crippen molar-refractivity contribution < 1.29 is 8.78 Å². The highest BCUT2D eigenvalue weighted by Crippen LogP contribution is 2.25. The molecule has 4 aromatic rings. The minimum Gasteiger partial charge on any atom is -0.299 e. The van der Waals surface area contributed by atoms with E-state index in [0.717, 1.165) is 18.3 Å². The molecule has 0 fully saturated rings. The number of pyridine rings is 2. The molecular weight excluding hydrogens is 362 g/mol. The van der Waals surface area contributed by atoms with E-state index in [4.69, 9.17) is 0 Å². The molecule has 0 saturated carbocycles. The highest BCUT2D eigenvalue weighted by molar-refractivity contribution is 5.73. The van der Waals surface area contributed by atoms with Crippen molar-refractivity contribution in [1.82, 2.24) is 19.5 Å². The zero-order valence-corrected chi connectivity index (χ0v) is 15.1. The minimum atomic E-state index is -0.717. The Morgan fingerprint density at radius 3 is 2.50 bits per heavy atom. The predicted molar refractivity (Wildman–Crippen MR) is 102 cm³/mol. The molecule has 3 heterocycles. The van der Waals surface area contributed by atoms with Gasteiger partial charge in [-0.2, -0.15) is 0 Å². The predicted octanol–water partition coefficient (Wildman–Crippen LogP) is 3.74. The van der Waals surface area contributed by atoms with Crippen LogP contribution >= 0.6 is 0 Å². The molecule has 0 saturated heterocycles. The van der Waals surface area contributed by atoms with E-state index in [1.54, 1.807) is 30.6 Å². The second-order valence-corrected chi connectivity index (χ2v) is 6.35. The van der Waals surface area contributed by atoms with Crippen LogP contribution in [0.1, 0.15) is 18.2 Å². The Kier molecular flexibility index (Phi) is 4.65. The van der Waals surface area contributed by atoms with E-state index in [2.05, 4.69) is 15.0 Å². The maximum Gasteiger partial charge on any atom is 0.269 e. The van der Waals surface area contributed by atoms with Crippen LogP contribution < -0.4 is 5.56 Å². The summed E-state index contributed by atoms with van der Waals surface area (Å²) < 4.78 is 30.9. The molecule has 28 heavy (non-hydrogen) atoms. The molecule has 0 unspecified atom stereocenters. The average Bonchev–Trinajstić information content (AvgIpc) is 2.72. The molecule has 0 aliphatic heterocycles. The molecule has 140 valence electrons. The average molecular weight is 378 g/mol. The van der Waals surface area contributed by atoms with Gasteiger partial charge in [-0.15, -0.1) is 0 Å². The topological polar surface area (TPSA) is 60.7 Å². The molecule has 5 nitrogen and oxygen atoms in total. The van der Waals surface area contributed by atoms with Gasteiger partial charge in [-0.3, -0.25) is 19.3 Å². The number of aromatic nitrogens is 4. The SMILES string of the molecule is CCc1cc(-c2cc(F)c(Cn3c(=O)cnc4ccncc43)c(F)c2)ccn1. The summed E-state index contributed by atoms with van der Waals surface area (Å²) in [4.78, 5) is 24.5. The first-order chi connectivity index (χ1) is 13.6. The van der Waals surface area contributed by atoms with Crippen molar-refractivity contribution in [2.45, 2.75) is 19.9 Å². The highest BCUT2D eigenvalue weighted by Gasteiger charge is 2.15. The van der Waals surface area contributed by atoms with Gasteiger partial charge in [0.1, 0.15) is 11.6 Å². The van der Waals surface area contributed by atoms with E-state index < -0.39 is 17.2 Å². The first-order valence-corrected chi connectivity index (χ1v) is 8.79. The van der Waals surface area contributed by atoms with Crippen molar-refractivity contribution in [3.63, 3.8) is 0 Å². The number of aryl methyl sites for hydroxylation is 1. The Morgan fingerprint density at radius 2 is 1.75 bits per heavy atom. The van der Waals surface area contributed by atoms with Crippen LogP contribution in [0.3, 0.4) is 0 Å². The third-order valence-corrected chi connectivity index (χ3v) is 4.62. The van der Waals surface area contributed by atoms with Crippen molar-refractivity contribution in [2.75, 3.05) is 0 Å². The van der Waals surface area contributed by atoms with Crippen LogP contribution in [0.2, 0.25) is 0 Å². The fourth-order valence-corrected chi connectivity index (χ4v) is 3.10. The Bertz CT molecular complexity index is 1210. The molecule has 0 bridgehead atoms. The van der Waals surface area contributed by atoms with E-state index >= 15 is 0 Å². The molecule has 3 aromatic heterocycles. The molecule has 0 N–H and O–H groups in total. The van der Waals surface area contributed by atoms with E-state index in [1.807, 2.05) is 6.92 Å². The summed E-state index contributed by atoms with van der Waals surface area (Å²) in [5.74, 6) is -1.43. The molecule has 4 rings (SSSR count). The summed E-state index contributed by atoms with van der Waals surface area (Å²) in [7, 11) is 0. The molecule has 0 amide bonds. The fourth-order valence-electron chi connectivity index (χ4n) is 3.10. The van der Waals surface area contributed by atoms with Crippen LogP contribution in [0.5, 0.6) is 0 Å². The summed E-state index contributed by atoms with van der Waals surface area (Å²) in [6, 6.07) is 7.70. The summed E-state index contributed by atoms with van der Waals surface area (Å²) in [5.41, 5.74) is 2.24. The molecule has 0 spiro atoms. The standard InChI is InChI=1S/C21H16F2N4O/c1-2-15-7-13(3-6-25-15)14-8-17(22)16(18(23)9-14)12-27-20-10-24-5-4-19(20)26-11-21(27)28/h3-11H,2,12H2,1H3. The quantitative estimate of drug-likeness (QED) is 0.543. The largest absolute Gasteiger partial charge is 0.299 e. The van der Waals surface area contributed by atoms with Gasteiger partial charge in [-0.25, -0.2) is 13.8 Å². The van der Waals surface area contributed by atoms with Gasteiger partial charge in [-0.1, -0.05) is 6.92 Å². The monoisotopic (exact) mass is 378 g/mol. The second-order valence-electron chi connectivity index (χ2n) is 6.35. The summed E-state index contributed by atoms with van der Waals surface area (Å²) in [6.07, 6.45) is 6.48. The van der Waals surface area contributed by atoms with Crippen molar-refractivity contribution in [3.05, 3.63) is 88.4 Å². The third kappa shape index (κ3) is 3.26. The van der Waals surface area contributed by atoms with Crippen molar-refractivity contribution in [3.8, 4) is 11.1 Å². The van der Waals surface area contributed by atoms with Crippen LogP contribution in [-0.2, 0) is 13.0 Å². The summed E-state index contributed by atoms with van der Waals surface area (Å²) in [5, 5.41) is 0. The van der Waals surface area contributed by atoms with Gasteiger partial charge in [0.05, 0.1) is 30.0 Å². The number of nitrogens with zero attached hydrogens (tertiary/aromatic N) is 4. The third-order valence-electron chi connectivity index (χ3n) is 4.62. The van der Waals surface area contributed by atoms with Gasteiger partial charge in [0.25, 0.3) is 5.56 Å². The first kappa shape index (κ1) is 17.9. The van der Waals surface area contributed by atoms with Crippen LogP contribution in [0.25, 0.3) is 22.2 Å². The van der Waals surface area contributed by atoms with Gasteiger partial charge in [0.2, 0.25) is 0 Å². The Morgan fingerprint density at radius 1 is 0.964 bits per heavy atom. The zero-order chi connectivity index (χ0) is 19.7. The minimum absolute atomic E-state index is 0.188. The van der Waals surface area contributed by atoms with Gasteiger partial charge in [0.15, 0.2) is 0 Å².